The number of carbonyl (C=O) groups excluding carboxylic acids is 1. The normalized spacial score (nSPS) is 13.1. The molecule has 1 unspecified atom stereocenters. The topological polar surface area (TPSA) is 72.5 Å². The molecule has 1 atom stereocenters. The van der Waals surface area contributed by atoms with E-state index in [0.717, 1.165) is 10.8 Å². The van der Waals surface area contributed by atoms with Gasteiger partial charge in [0.05, 0.1) is 11.0 Å². The number of hydrogen-bond acceptors (Lipinski definition) is 5. The van der Waals surface area contributed by atoms with Gasteiger partial charge >= 0.3 is 5.97 Å². The predicted octanol–water partition coefficient (Wildman–Crippen LogP) is 3.19. The van der Waals surface area contributed by atoms with E-state index < -0.39 is 22.0 Å². The van der Waals surface area contributed by atoms with E-state index in [-0.39, 0.29) is 11.0 Å². The van der Waals surface area contributed by atoms with Gasteiger partial charge in [-0.2, -0.15) is 16.5 Å². The molecule has 25 heavy (non-hydrogen) atoms. The van der Waals surface area contributed by atoms with Gasteiger partial charge < -0.3 is 4.74 Å². The Kier molecular flexibility index (Phi) is 6.87. The monoisotopic (exact) mass is 381 g/mol. The van der Waals surface area contributed by atoms with Gasteiger partial charge in [-0.1, -0.05) is 30.3 Å². The van der Waals surface area contributed by atoms with Crippen LogP contribution < -0.4 is 4.72 Å². The fourth-order valence-electron chi connectivity index (χ4n) is 2.36. The first kappa shape index (κ1) is 19.8. The SMILES string of the molecule is CSCCC(NS(=O)(=O)c1ccc2ccccc2c1)C(=O)OC(C)C. The van der Waals surface area contributed by atoms with Gasteiger partial charge in [0.15, 0.2) is 0 Å². The molecule has 0 saturated heterocycles. The summed E-state index contributed by atoms with van der Waals surface area (Å²) in [6, 6.07) is 11.5. The highest BCUT2D eigenvalue weighted by Crippen LogP contribution is 2.19. The van der Waals surface area contributed by atoms with Gasteiger partial charge in [0.25, 0.3) is 0 Å². The Hall–Kier alpha value is -1.57. The van der Waals surface area contributed by atoms with Gasteiger partial charge in [-0.05, 0) is 55.2 Å². The molecular weight excluding hydrogens is 358 g/mol. The molecule has 0 aromatic heterocycles. The molecule has 136 valence electrons. The van der Waals surface area contributed by atoms with Crippen molar-refractivity contribution in [1.29, 1.82) is 0 Å². The first-order valence-corrected chi connectivity index (χ1v) is 10.9. The zero-order chi connectivity index (χ0) is 18.4. The molecule has 2 aromatic carbocycles. The Bertz CT molecular complexity index is 834. The molecule has 2 rings (SSSR count). The molecule has 0 aliphatic carbocycles. The quantitative estimate of drug-likeness (QED) is 0.711. The molecule has 0 aliphatic rings. The standard InChI is InChI=1S/C18H23NO4S2/c1-13(2)23-18(20)17(10-11-24-3)19-25(21,22)16-9-8-14-6-4-5-7-15(14)12-16/h4-9,12-13,17,19H,10-11H2,1-3H3. The zero-order valence-corrected chi connectivity index (χ0v) is 16.2. The van der Waals surface area contributed by atoms with Crippen molar-refractivity contribution in [2.45, 2.75) is 37.3 Å². The van der Waals surface area contributed by atoms with Gasteiger partial charge in [0.2, 0.25) is 10.0 Å². The van der Waals surface area contributed by atoms with E-state index in [9.17, 15) is 13.2 Å². The second-order valence-corrected chi connectivity index (χ2v) is 8.65. The zero-order valence-electron chi connectivity index (χ0n) is 14.6. The molecule has 0 aliphatic heterocycles. The maximum Gasteiger partial charge on any atom is 0.324 e. The number of rotatable bonds is 8. The van der Waals surface area contributed by atoms with Crippen LogP contribution in [0.5, 0.6) is 0 Å². The first-order chi connectivity index (χ1) is 11.8. The molecule has 0 bridgehead atoms. The lowest BCUT2D eigenvalue weighted by Gasteiger charge is -2.19. The van der Waals surface area contributed by atoms with Crippen LogP contribution in [0, 0.1) is 0 Å². The van der Waals surface area contributed by atoms with Crippen molar-refractivity contribution in [1.82, 2.24) is 4.72 Å². The summed E-state index contributed by atoms with van der Waals surface area (Å²) in [4.78, 5) is 12.4. The van der Waals surface area contributed by atoms with Crippen molar-refractivity contribution >= 4 is 38.5 Å². The summed E-state index contributed by atoms with van der Waals surface area (Å²) in [5, 5.41) is 1.79. The Morgan fingerprint density at radius 3 is 2.48 bits per heavy atom. The average molecular weight is 382 g/mol. The number of ether oxygens (including phenoxy) is 1. The molecule has 1 N–H and O–H groups in total. The highest BCUT2D eigenvalue weighted by atomic mass is 32.2. The fraction of sp³-hybridized carbons (Fsp3) is 0.389. The van der Waals surface area contributed by atoms with Crippen LogP contribution in [0.3, 0.4) is 0 Å². The Morgan fingerprint density at radius 2 is 1.84 bits per heavy atom. The van der Waals surface area contributed by atoms with Crippen LogP contribution >= 0.6 is 11.8 Å². The third-order valence-electron chi connectivity index (χ3n) is 3.58. The smallest absolute Gasteiger partial charge is 0.324 e. The maximum absolute atomic E-state index is 12.7. The van der Waals surface area contributed by atoms with E-state index in [1.165, 1.54) is 0 Å². The number of thioether (sulfide) groups is 1. The van der Waals surface area contributed by atoms with Crippen molar-refractivity contribution in [3.8, 4) is 0 Å². The second-order valence-electron chi connectivity index (χ2n) is 5.95. The molecule has 5 nitrogen and oxygen atoms in total. The van der Waals surface area contributed by atoms with E-state index in [2.05, 4.69) is 4.72 Å². The summed E-state index contributed by atoms with van der Waals surface area (Å²) < 4.78 is 33.1. The van der Waals surface area contributed by atoms with Crippen LogP contribution in [-0.2, 0) is 19.6 Å². The maximum atomic E-state index is 12.7. The lowest BCUT2D eigenvalue weighted by atomic mass is 10.1. The lowest BCUT2D eigenvalue weighted by Crippen LogP contribution is -2.42. The number of hydrogen-bond donors (Lipinski definition) is 1. The summed E-state index contributed by atoms with van der Waals surface area (Å²) in [6.07, 6.45) is 1.98. The van der Waals surface area contributed by atoms with E-state index in [1.54, 1.807) is 43.8 Å². The van der Waals surface area contributed by atoms with Crippen LogP contribution in [0.2, 0.25) is 0 Å². The summed E-state index contributed by atoms with van der Waals surface area (Å²) >= 11 is 1.55. The van der Waals surface area contributed by atoms with Gasteiger partial charge in [-0.25, -0.2) is 8.42 Å². The van der Waals surface area contributed by atoms with Crippen molar-refractivity contribution < 1.29 is 17.9 Å². The van der Waals surface area contributed by atoms with Crippen molar-refractivity contribution in [2.75, 3.05) is 12.0 Å². The Labute approximate surface area is 153 Å². The van der Waals surface area contributed by atoms with E-state index in [4.69, 9.17) is 4.74 Å². The number of benzene rings is 2. The minimum atomic E-state index is -3.82. The number of esters is 1. The highest BCUT2D eigenvalue weighted by Gasteiger charge is 2.27. The fourth-order valence-corrected chi connectivity index (χ4v) is 4.09. The van der Waals surface area contributed by atoms with Crippen LogP contribution in [0.25, 0.3) is 10.8 Å². The van der Waals surface area contributed by atoms with Crippen LogP contribution in [0.4, 0.5) is 0 Å². The molecule has 7 heteroatoms. The molecular formula is C18H23NO4S2. The van der Waals surface area contributed by atoms with E-state index in [0.29, 0.717) is 12.2 Å². The molecule has 2 aromatic rings. The summed E-state index contributed by atoms with van der Waals surface area (Å²) in [5.74, 6) is 0.103. The summed E-state index contributed by atoms with van der Waals surface area (Å²) in [6.45, 7) is 3.47. The van der Waals surface area contributed by atoms with Crippen molar-refractivity contribution in [3.05, 3.63) is 42.5 Å². The molecule has 0 heterocycles. The third kappa shape index (κ3) is 5.45. The minimum Gasteiger partial charge on any atom is -0.462 e. The van der Waals surface area contributed by atoms with Crippen LogP contribution in [0.1, 0.15) is 20.3 Å². The second kappa shape index (κ2) is 8.69. The molecule has 0 fully saturated rings. The first-order valence-electron chi connectivity index (χ1n) is 8.04. The van der Waals surface area contributed by atoms with Gasteiger partial charge in [-0.15, -0.1) is 0 Å². The average Bonchev–Trinajstić information content (AvgIpc) is 2.57. The van der Waals surface area contributed by atoms with Gasteiger partial charge in [-0.3, -0.25) is 4.79 Å². The Balaban J connectivity index is 2.26. The number of fused-ring (bicyclic) bond motifs is 1. The molecule has 0 amide bonds. The van der Waals surface area contributed by atoms with Crippen molar-refractivity contribution in [3.63, 3.8) is 0 Å². The van der Waals surface area contributed by atoms with Crippen molar-refractivity contribution in [2.24, 2.45) is 0 Å². The Morgan fingerprint density at radius 1 is 1.16 bits per heavy atom. The number of sulfonamides is 1. The number of nitrogens with one attached hydrogen (secondary N) is 1. The lowest BCUT2D eigenvalue weighted by molar-refractivity contribution is -0.149. The number of carbonyl (C=O) groups is 1. The highest BCUT2D eigenvalue weighted by molar-refractivity contribution is 7.98. The van der Waals surface area contributed by atoms with E-state index >= 15 is 0 Å². The van der Waals surface area contributed by atoms with E-state index in [1.807, 2.05) is 30.5 Å². The van der Waals surface area contributed by atoms with Crippen LogP contribution in [0.15, 0.2) is 47.4 Å². The van der Waals surface area contributed by atoms with Gasteiger partial charge in [0.1, 0.15) is 6.04 Å². The molecule has 0 saturated carbocycles. The summed E-state index contributed by atoms with van der Waals surface area (Å²) in [7, 11) is -3.82. The molecule has 0 radical (unpaired) electrons. The van der Waals surface area contributed by atoms with Crippen LogP contribution in [-0.4, -0.2) is 38.5 Å². The predicted molar refractivity (Wildman–Crippen MR) is 102 cm³/mol. The summed E-state index contributed by atoms with van der Waals surface area (Å²) in [5.41, 5.74) is 0. The largest absolute Gasteiger partial charge is 0.462 e. The molecule has 0 spiro atoms. The van der Waals surface area contributed by atoms with Gasteiger partial charge in [0, 0.05) is 0 Å². The third-order valence-corrected chi connectivity index (χ3v) is 5.69. The minimum absolute atomic E-state index is 0.137.